The van der Waals surface area contributed by atoms with E-state index in [1.165, 1.54) is 0 Å². The van der Waals surface area contributed by atoms with Crippen LogP contribution in [0.15, 0.2) is 48.5 Å². The molecule has 0 unspecified atom stereocenters. The molecule has 0 aliphatic carbocycles. The van der Waals surface area contributed by atoms with Crippen LogP contribution in [0, 0.1) is 11.3 Å². The fraction of sp³-hybridized carbons (Fsp3) is 0.118. The number of hydrogen-bond donors (Lipinski definition) is 0. The normalized spacial score (nSPS) is 10.4. The van der Waals surface area contributed by atoms with Gasteiger partial charge >= 0.3 is 0 Å². The van der Waals surface area contributed by atoms with Gasteiger partial charge in [-0.05, 0) is 54.1 Å². The van der Waals surface area contributed by atoms with Crippen molar-refractivity contribution in [1.29, 1.82) is 5.26 Å². The number of methoxy groups -OCH3 is 1. The maximum absolute atomic E-state index is 8.98. The molecule has 0 aliphatic rings. The summed E-state index contributed by atoms with van der Waals surface area (Å²) in [6, 6.07) is 18.0. The number of hydrogen-bond acceptors (Lipinski definition) is 2. The Morgan fingerprint density at radius 1 is 1.05 bits per heavy atom. The summed E-state index contributed by atoms with van der Waals surface area (Å²) in [6.07, 6.45) is 0. The molecule has 3 aromatic rings. The van der Waals surface area contributed by atoms with Gasteiger partial charge < -0.3 is 9.30 Å². The van der Waals surface area contributed by atoms with Crippen LogP contribution in [0.3, 0.4) is 0 Å². The minimum Gasteiger partial charge on any atom is -0.497 e. The zero-order valence-corrected chi connectivity index (χ0v) is 11.4. The fourth-order valence-electron chi connectivity index (χ4n) is 2.46. The molecule has 0 fully saturated rings. The average molecular weight is 262 g/mol. The standard InChI is InChI=1S/C17H14N2O/c1-19-16-8-3-12(11-18)9-14(16)10-17(19)13-4-6-15(20-2)7-5-13/h3-10H,1-2H3. The molecule has 0 spiro atoms. The lowest BCUT2D eigenvalue weighted by atomic mass is 10.1. The molecule has 0 bridgehead atoms. The van der Waals surface area contributed by atoms with Gasteiger partial charge in [0.05, 0.1) is 18.7 Å². The Morgan fingerprint density at radius 3 is 2.45 bits per heavy atom. The molecule has 1 heterocycles. The molecule has 1 aromatic heterocycles. The van der Waals surface area contributed by atoms with E-state index in [-0.39, 0.29) is 0 Å². The van der Waals surface area contributed by atoms with E-state index in [0.29, 0.717) is 5.56 Å². The molecule has 0 radical (unpaired) electrons. The van der Waals surface area contributed by atoms with E-state index in [1.54, 1.807) is 7.11 Å². The number of benzene rings is 2. The van der Waals surface area contributed by atoms with Crippen LogP contribution in [-0.4, -0.2) is 11.7 Å². The summed E-state index contributed by atoms with van der Waals surface area (Å²) in [4.78, 5) is 0. The first-order chi connectivity index (χ1) is 9.72. The first kappa shape index (κ1) is 12.3. The van der Waals surface area contributed by atoms with Crippen molar-refractivity contribution < 1.29 is 4.74 Å². The molecule has 0 N–H and O–H groups in total. The highest BCUT2D eigenvalue weighted by Crippen LogP contribution is 2.28. The van der Waals surface area contributed by atoms with Gasteiger partial charge in [0.2, 0.25) is 0 Å². The Labute approximate surface area is 117 Å². The highest BCUT2D eigenvalue weighted by atomic mass is 16.5. The minimum absolute atomic E-state index is 0.685. The largest absolute Gasteiger partial charge is 0.497 e. The molecule has 2 aromatic carbocycles. The number of fused-ring (bicyclic) bond motifs is 1. The number of ether oxygens (including phenoxy) is 1. The fourth-order valence-corrected chi connectivity index (χ4v) is 2.46. The van der Waals surface area contributed by atoms with Crippen molar-refractivity contribution in [2.45, 2.75) is 0 Å². The maximum atomic E-state index is 8.98. The lowest BCUT2D eigenvalue weighted by Gasteiger charge is -2.05. The number of nitrogens with zero attached hydrogens (tertiary/aromatic N) is 2. The molecule has 20 heavy (non-hydrogen) atoms. The second-order valence-corrected chi connectivity index (χ2v) is 4.70. The van der Waals surface area contributed by atoms with Crippen LogP contribution in [0.4, 0.5) is 0 Å². The van der Waals surface area contributed by atoms with Crippen LogP contribution in [0.2, 0.25) is 0 Å². The molecule has 0 saturated heterocycles. The van der Waals surface area contributed by atoms with Gasteiger partial charge in [-0.25, -0.2) is 0 Å². The predicted octanol–water partition coefficient (Wildman–Crippen LogP) is 3.73. The highest BCUT2D eigenvalue weighted by Gasteiger charge is 2.08. The van der Waals surface area contributed by atoms with E-state index in [4.69, 9.17) is 10.00 Å². The number of rotatable bonds is 2. The molecule has 98 valence electrons. The van der Waals surface area contributed by atoms with Crippen molar-refractivity contribution >= 4 is 10.9 Å². The van der Waals surface area contributed by atoms with Crippen LogP contribution in [0.1, 0.15) is 5.56 Å². The third-order valence-electron chi connectivity index (χ3n) is 3.56. The van der Waals surface area contributed by atoms with Crippen molar-refractivity contribution in [3.8, 4) is 23.1 Å². The quantitative estimate of drug-likeness (QED) is 0.705. The third kappa shape index (κ3) is 1.92. The minimum atomic E-state index is 0.685. The van der Waals surface area contributed by atoms with Crippen LogP contribution in [-0.2, 0) is 7.05 Å². The van der Waals surface area contributed by atoms with E-state index >= 15 is 0 Å². The summed E-state index contributed by atoms with van der Waals surface area (Å²) >= 11 is 0. The maximum Gasteiger partial charge on any atom is 0.118 e. The van der Waals surface area contributed by atoms with Crippen LogP contribution in [0.25, 0.3) is 22.2 Å². The molecular formula is C17H14N2O. The van der Waals surface area contributed by atoms with E-state index in [0.717, 1.165) is 27.9 Å². The SMILES string of the molecule is COc1ccc(-c2cc3cc(C#N)ccc3n2C)cc1. The van der Waals surface area contributed by atoms with Gasteiger partial charge in [-0.1, -0.05) is 0 Å². The van der Waals surface area contributed by atoms with Crippen molar-refractivity contribution in [2.24, 2.45) is 7.05 Å². The third-order valence-corrected chi connectivity index (χ3v) is 3.56. The van der Waals surface area contributed by atoms with Crippen molar-refractivity contribution in [1.82, 2.24) is 4.57 Å². The van der Waals surface area contributed by atoms with Gasteiger partial charge in [0, 0.05) is 23.6 Å². The topological polar surface area (TPSA) is 37.9 Å². The Balaban J connectivity index is 2.15. The van der Waals surface area contributed by atoms with Gasteiger partial charge in [0.1, 0.15) is 5.75 Å². The number of aryl methyl sites for hydroxylation is 1. The first-order valence-electron chi connectivity index (χ1n) is 6.37. The van der Waals surface area contributed by atoms with Gasteiger partial charge in [0.15, 0.2) is 0 Å². The Morgan fingerprint density at radius 2 is 1.80 bits per heavy atom. The average Bonchev–Trinajstić information content (AvgIpc) is 2.84. The molecule has 0 saturated carbocycles. The molecule has 3 rings (SSSR count). The smallest absolute Gasteiger partial charge is 0.118 e. The monoisotopic (exact) mass is 262 g/mol. The molecule has 0 aliphatic heterocycles. The predicted molar refractivity (Wildman–Crippen MR) is 79.6 cm³/mol. The Hall–Kier alpha value is -2.73. The summed E-state index contributed by atoms with van der Waals surface area (Å²) in [5, 5.41) is 10.1. The summed E-state index contributed by atoms with van der Waals surface area (Å²) in [5.74, 6) is 0.847. The Bertz CT molecular complexity index is 807. The summed E-state index contributed by atoms with van der Waals surface area (Å²) in [6.45, 7) is 0. The molecule has 3 heteroatoms. The number of nitriles is 1. The van der Waals surface area contributed by atoms with Gasteiger partial charge in [-0.2, -0.15) is 5.26 Å². The second-order valence-electron chi connectivity index (χ2n) is 4.70. The molecule has 0 amide bonds. The lowest BCUT2D eigenvalue weighted by Crippen LogP contribution is -1.91. The van der Waals surface area contributed by atoms with Crippen LogP contribution in [0.5, 0.6) is 5.75 Å². The van der Waals surface area contributed by atoms with Crippen LogP contribution < -0.4 is 4.74 Å². The van der Waals surface area contributed by atoms with E-state index in [9.17, 15) is 0 Å². The molecule has 3 nitrogen and oxygen atoms in total. The van der Waals surface area contributed by atoms with Gasteiger partial charge in [-0.3, -0.25) is 0 Å². The van der Waals surface area contributed by atoms with E-state index in [1.807, 2.05) is 49.5 Å². The van der Waals surface area contributed by atoms with Crippen LogP contribution >= 0.6 is 0 Å². The summed E-state index contributed by atoms with van der Waals surface area (Å²) in [5.41, 5.74) is 4.06. The van der Waals surface area contributed by atoms with E-state index in [2.05, 4.69) is 16.7 Å². The molecular weight excluding hydrogens is 248 g/mol. The Kier molecular flexibility index (Phi) is 2.92. The van der Waals surface area contributed by atoms with Gasteiger partial charge in [0.25, 0.3) is 0 Å². The number of aromatic nitrogens is 1. The zero-order valence-electron chi connectivity index (χ0n) is 11.4. The summed E-state index contributed by atoms with van der Waals surface area (Å²) < 4.78 is 7.32. The second kappa shape index (κ2) is 4.75. The molecule has 0 atom stereocenters. The first-order valence-corrected chi connectivity index (χ1v) is 6.37. The van der Waals surface area contributed by atoms with E-state index < -0.39 is 0 Å². The van der Waals surface area contributed by atoms with Crippen molar-refractivity contribution in [3.05, 3.63) is 54.1 Å². The lowest BCUT2D eigenvalue weighted by molar-refractivity contribution is 0.415. The highest BCUT2D eigenvalue weighted by molar-refractivity contribution is 5.88. The van der Waals surface area contributed by atoms with Crippen molar-refractivity contribution in [3.63, 3.8) is 0 Å². The zero-order chi connectivity index (χ0) is 14.1. The van der Waals surface area contributed by atoms with Crippen molar-refractivity contribution in [2.75, 3.05) is 7.11 Å². The van der Waals surface area contributed by atoms with Gasteiger partial charge in [-0.15, -0.1) is 0 Å². The summed E-state index contributed by atoms with van der Waals surface area (Å²) in [7, 11) is 3.70.